The first-order valence-corrected chi connectivity index (χ1v) is 7.74. The topological polar surface area (TPSA) is 98.5 Å². The molecule has 0 unspecified atom stereocenters. The van der Waals surface area contributed by atoms with Crippen molar-refractivity contribution in [3.63, 3.8) is 0 Å². The van der Waals surface area contributed by atoms with E-state index >= 15 is 0 Å². The first-order chi connectivity index (χ1) is 12.4. The molecule has 26 heavy (non-hydrogen) atoms. The van der Waals surface area contributed by atoms with Crippen molar-refractivity contribution in [2.75, 3.05) is 7.11 Å². The molecule has 0 aliphatic rings. The molecule has 0 saturated carbocycles. The zero-order valence-corrected chi connectivity index (χ0v) is 14.0. The maximum atomic E-state index is 12.9. The highest BCUT2D eigenvalue weighted by Gasteiger charge is 2.22. The molecule has 2 rings (SSSR count). The molecule has 0 fully saturated rings. The number of esters is 1. The standard InChI is InChI=1S/C18H17FN2O5/c1-26-18(23)16(10-12-4-8-15(9-5-12)21(24)25)20-17(22)11-13-2-6-14(19)7-3-13/h2-9,16H,10-11H2,1H3,(H,20,22)/t16-/m0/s1. The lowest BCUT2D eigenvalue weighted by molar-refractivity contribution is -0.384. The zero-order valence-electron chi connectivity index (χ0n) is 14.0. The van der Waals surface area contributed by atoms with Crippen LogP contribution in [0.2, 0.25) is 0 Å². The number of ether oxygens (including phenoxy) is 1. The van der Waals surface area contributed by atoms with E-state index in [2.05, 4.69) is 5.32 Å². The van der Waals surface area contributed by atoms with Crippen LogP contribution in [-0.4, -0.2) is 30.0 Å². The Morgan fingerprint density at radius 2 is 1.69 bits per heavy atom. The summed E-state index contributed by atoms with van der Waals surface area (Å²) < 4.78 is 17.6. The van der Waals surface area contributed by atoms with Gasteiger partial charge in [0.05, 0.1) is 18.5 Å². The van der Waals surface area contributed by atoms with Gasteiger partial charge in [-0.25, -0.2) is 9.18 Å². The Balaban J connectivity index is 2.04. The summed E-state index contributed by atoms with van der Waals surface area (Å²) >= 11 is 0. The Bertz CT molecular complexity index is 790. The van der Waals surface area contributed by atoms with Crippen LogP contribution in [0.4, 0.5) is 10.1 Å². The van der Waals surface area contributed by atoms with Crippen molar-refractivity contribution in [1.82, 2.24) is 5.32 Å². The van der Waals surface area contributed by atoms with Gasteiger partial charge in [0, 0.05) is 18.6 Å². The molecule has 0 heterocycles. The Morgan fingerprint density at radius 3 is 2.23 bits per heavy atom. The van der Waals surface area contributed by atoms with Crippen molar-refractivity contribution in [3.8, 4) is 0 Å². The summed E-state index contributed by atoms with van der Waals surface area (Å²) in [5, 5.41) is 13.3. The van der Waals surface area contributed by atoms with Gasteiger partial charge in [0.25, 0.3) is 5.69 Å². The summed E-state index contributed by atoms with van der Waals surface area (Å²) in [4.78, 5) is 34.2. The highest BCUT2D eigenvalue weighted by molar-refractivity contribution is 5.85. The minimum absolute atomic E-state index is 0.0198. The zero-order chi connectivity index (χ0) is 19.1. The van der Waals surface area contributed by atoms with Crippen LogP contribution in [0.15, 0.2) is 48.5 Å². The maximum absolute atomic E-state index is 12.9. The van der Waals surface area contributed by atoms with E-state index in [-0.39, 0.29) is 18.5 Å². The largest absolute Gasteiger partial charge is 0.467 e. The van der Waals surface area contributed by atoms with E-state index in [1.807, 2.05) is 0 Å². The van der Waals surface area contributed by atoms with Gasteiger partial charge in [-0.3, -0.25) is 14.9 Å². The number of carbonyl (C=O) groups excluding carboxylic acids is 2. The molecule has 136 valence electrons. The van der Waals surface area contributed by atoms with Crippen LogP contribution in [0.3, 0.4) is 0 Å². The fraction of sp³-hybridized carbons (Fsp3) is 0.222. The van der Waals surface area contributed by atoms with Gasteiger partial charge in [0.15, 0.2) is 0 Å². The van der Waals surface area contributed by atoms with E-state index in [4.69, 9.17) is 4.74 Å². The lowest BCUT2D eigenvalue weighted by atomic mass is 10.0. The molecule has 1 N–H and O–H groups in total. The first-order valence-electron chi connectivity index (χ1n) is 7.74. The molecule has 0 saturated heterocycles. The number of methoxy groups -OCH3 is 1. The highest BCUT2D eigenvalue weighted by Crippen LogP contribution is 2.14. The molecule has 1 amide bonds. The Labute approximate surface area is 148 Å². The number of nitrogens with one attached hydrogen (secondary N) is 1. The lowest BCUT2D eigenvalue weighted by Gasteiger charge is -2.16. The Hall–Kier alpha value is -3.29. The highest BCUT2D eigenvalue weighted by atomic mass is 19.1. The fourth-order valence-electron chi connectivity index (χ4n) is 2.36. The van der Waals surface area contributed by atoms with Crippen molar-refractivity contribution >= 4 is 17.6 Å². The van der Waals surface area contributed by atoms with Gasteiger partial charge in [-0.15, -0.1) is 0 Å². The SMILES string of the molecule is COC(=O)[C@H](Cc1ccc([N+](=O)[O-])cc1)NC(=O)Cc1ccc(F)cc1. The van der Waals surface area contributed by atoms with E-state index in [0.29, 0.717) is 11.1 Å². The van der Waals surface area contributed by atoms with E-state index in [0.717, 1.165) is 0 Å². The molecular formula is C18H17FN2O5. The number of benzene rings is 2. The lowest BCUT2D eigenvalue weighted by Crippen LogP contribution is -2.43. The van der Waals surface area contributed by atoms with Crippen molar-refractivity contribution in [2.24, 2.45) is 0 Å². The predicted molar refractivity (Wildman–Crippen MR) is 90.9 cm³/mol. The van der Waals surface area contributed by atoms with Gasteiger partial charge in [-0.2, -0.15) is 0 Å². The quantitative estimate of drug-likeness (QED) is 0.464. The molecule has 8 heteroatoms. The van der Waals surface area contributed by atoms with Gasteiger partial charge in [0.2, 0.25) is 5.91 Å². The summed E-state index contributed by atoms with van der Waals surface area (Å²) in [6.07, 6.45) is 0.105. The summed E-state index contributed by atoms with van der Waals surface area (Å²) in [5.41, 5.74) is 1.17. The summed E-state index contributed by atoms with van der Waals surface area (Å²) in [5.74, 6) is -1.45. The van der Waals surface area contributed by atoms with E-state index in [1.54, 1.807) is 0 Å². The minimum Gasteiger partial charge on any atom is -0.467 e. The monoisotopic (exact) mass is 360 g/mol. The Kier molecular flexibility index (Phi) is 6.37. The second-order valence-electron chi connectivity index (χ2n) is 5.57. The van der Waals surface area contributed by atoms with Crippen LogP contribution in [0.25, 0.3) is 0 Å². The fourth-order valence-corrected chi connectivity index (χ4v) is 2.36. The minimum atomic E-state index is -0.936. The van der Waals surface area contributed by atoms with Crippen molar-refractivity contribution < 1.29 is 23.6 Å². The van der Waals surface area contributed by atoms with Crippen LogP contribution < -0.4 is 5.32 Å². The van der Waals surface area contributed by atoms with Crippen molar-refractivity contribution in [1.29, 1.82) is 0 Å². The van der Waals surface area contributed by atoms with Crippen LogP contribution in [-0.2, 0) is 27.2 Å². The Morgan fingerprint density at radius 1 is 1.12 bits per heavy atom. The third-order valence-electron chi connectivity index (χ3n) is 3.69. The average molecular weight is 360 g/mol. The molecular weight excluding hydrogens is 343 g/mol. The van der Waals surface area contributed by atoms with Gasteiger partial charge >= 0.3 is 5.97 Å². The van der Waals surface area contributed by atoms with Crippen molar-refractivity contribution in [2.45, 2.75) is 18.9 Å². The molecule has 7 nitrogen and oxygen atoms in total. The second-order valence-corrected chi connectivity index (χ2v) is 5.57. The summed E-state index contributed by atoms with van der Waals surface area (Å²) in [7, 11) is 1.21. The number of nitrogens with zero attached hydrogens (tertiary/aromatic N) is 1. The molecule has 0 aliphatic carbocycles. The smallest absolute Gasteiger partial charge is 0.328 e. The number of rotatable bonds is 7. The number of hydrogen-bond donors (Lipinski definition) is 1. The molecule has 0 spiro atoms. The third-order valence-corrected chi connectivity index (χ3v) is 3.69. The van der Waals surface area contributed by atoms with Gasteiger partial charge in [0.1, 0.15) is 11.9 Å². The maximum Gasteiger partial charge on any atom is 0.328 e. The van der Waals surface area contributed by atoms with Gasteiger partial charge in [-0.1, -0.05) is 24.3 Å². The normalized spacial score (nSPS) is 11.5. The van der Waals surface area contributed by atoms with Crippen LogP contribution in [0.5, 0.6) is 0 Å². The van der Waals surface area contributed by atoms with Crippen LogP contribution >= 0.6 is 0 Å². The summed E-state index contributed by atoms with van der Waals surface area (Å²) in [6.45, 7) is 0. The predicted octanol–water partition coefficient (Wildman–Crippen LogP) is 2.18. The third kappa shape index (κ3) is 5.37. The van der Waals surface area contributed by atoms with Gasteiger partial charge in [-0.05, 0) is 23.3 Å². The van der Waals surface area contributed by atoms with E-state index in [1.165, 1.54) is 55.6 Å². The van der Waals surface area contributed by atoms with Gasteiger partial charge < -0.3 is 10.1 Å². The van der Waals surface area contributed by atoms with E-state index < -0.39 is 28.7 Å². The first kappa shape index (κ1) is 19.0. The molecule has 0 bridgehead atoms. The van der Waals surface area contributed by atoms with Crippen LogP contribution in [0.1, 0.15) is 11.1 Å². The number of nitro groups is 1. The average Bonchev–Trinajstić information content (AvgIpc) is 2.62. The number of non-ortho nitro benzene ring substituents is 1. The number of hydrogen-bond acceptors (Lipinski definition) is 5. The molecule has 0 radical (unpaired) electrons. The number of halogens is 1. The molecule has 1 atom stereocenters. The molecule has 2 aromatic rings. The molecule has 2 aromatic carbocycles. The molecule has 0 aliphatic heterocycles. The molecule has 0 aromatic heterocycles. The summed E-state index contributed by atoms with van der Waals surface area (Å²) in [6, 6.07) is 10.2. The number of nitro benzene ring substituents is 1. The van der Waals surface area contributed by atoms with E-state index in [9.17, 15) is 24.1 Å². The van der Waals surface area contributed by atoms with Crippen LogP contribution in [0, 0.1) is 15.9 Å². The number of amides is 1. The number of carbonyl (C=O) groups is 2. The second kappa shape index (κ2) is 8.70. The van der Waals surface area contributed by atoms with Crippen molar-refractivity contribution in [3.05, 3.63) is 75.6 Å².